The number of carbonyl (C=O) groups excluding carboxylic acids is 1. The molecule has 148 valence electrons. The van der Waals surface area contributed by atoms with Gasteiger partial charge in [-0.05, 0) is 28.0 Å². The van der Waals surface area contributed by atoms with E-state index in [1.807, 2.05) is 41.3 Å². The highest BCUT2D eigenvalue weighted by atomic mass is 16.5. The summed E-state index contributed by atoms with van der Waals surface area (Å²) >= 11 is 0. The quantitative estimate of drug-likeness (QED) is 0.732. The Morgan fingerprint density at radius 2 is 1.97 bits per heavy atom. The lowest BCUT2D eigenvalue weighted by atomic mass is 9.92. The van der Waals surface area contributed by atoms with Crippen LogP contribution in [0.2, 0.25) is 0 Å². The molecule has 2 amide bonds. The van der Waals surface area contributed by atoms with Gasteiger partial charge in [-0.15, -0.1) is 0 Å². The van der Waals surface area contributed by atoms with E-state index < -0.39 is 0 Å². The normalized spacial score (nSPS) is 20.2. The van der Waals surface area contributed by atoms with E-state index in [-0.39, 0.29) is 11.6 Å². The number of nitrogens with one attached hydrogen (secondary N) is 1. The van der Waals surface area contributed by atoms with Crippen LogP contribution in [0.15, 0.2) is 60.7 Å². The molecule has 2 aliphatic heterocycles. The minimum Gasteiger partial charge on any atom is -0.496 e. The average molecular weight is 388 g/mol. The molecule has 2 aliphatic rings. The number of nitrogens with zero attached hydrogens (tertiary/aromatic N) is 1. The van der Waals surface area contributed by atoms with Crippen LogP contribution in [-0.2, 0) is 23.5 Å². The van der Waals surface area contributed by atoms with Crippen molar-refractivity contribution in [1.29, 1.82) is 0 Å². The summed E-state index contributed by atoms with van der Waals surface area (Å²) in [5.74, 6) is 0.787. The Morgan fingerprint density at radius 3 is 2.86 bits per heavy atom. The van der Waals surface area contributed by atoms with E-state index in [0.717, 1.165) is 28.5 Å². The Labute approximate surface area is 170 Å². The first-order valence-electron chi connectivity index (χ1n) is 10.00. The fourth-order valence-corrected chi connectivity index (χ4v) is 4.64. The van der Waals surface area contributed by atoms with Crippen LogP contribution in [0.25, 0.3) is 10.8 Å². The maximum atomic E-state index is 12.9. The van der Waals surface area contributed by atoms with Crippen LogP contribution in [0.3, 0.4) is 0 Å². The number of methoxy groups -OCH3 is 1. The molecular weight excluding hydrogens is 364 g/mol. The topological polar surface area (TPSA) is 50.8 Å². The summed E-state index contributed by atoms with van der Waals surface area (Å²) in [6, 6.07) is 20.4. The Bertz CT molecular complexity index is 1080. The van der Waals surface area contributed by atoms with Gasteiger partial charge < -0.3 is 19.7 Å². The number of ether oxygens (including phenoxy) is 2. The van der Waals surface area contributed by atoms with Gasteiger partial charge in [0.05, 0.1) is 20.3 Å². The van der Waals surface area contributed by atoms with Crippen LogP contribution in [0.1, 0.15) is 23.1 Å². The van der Waals surface area contributed by atoms with Gasteiger partial charge in [0, 0.05) is 25.1 Å². The van der Waals surface area contributed by atoms with Crippen LogP contribution in [0.5, 0.6) is 5.75 Å². The third-order valence-corrected chi connectivity index (χ3v) is 6.17. The van der Waals surface area contributed by atoms with Gasteiger partial charge in [-0.25, -0.2) is 4.79 Å². The van der Waals surface area contributed by atoms with E-state index in [0.29, 0.717) is 26.2 Å². The average Bonchev–Trinajstić information content (AvgIpc) is 3.37. The van der Waals surface area contributed by atoms with Crippen molar-refractivity contribution in [3.05, 3.63) is 77.4 Å². The fourth-order valence-electron chi connectivity index (χ4n) is 4.64. The van der Waals surface area contributed by atoms with Gasteiger partial charge in [0.2, 0.25) is 0 Å². The fraction of sp³-hybridized carbons (Fsp3) is 0.292. The van der Waals surface area contributed by atoms with Crippen LogP contribution in [0, 0.1) is 0 Å². The standard InChI is InChI=1S/C24H24N2O3/c1-28-22-11-10-17-6-2-4-8-19(17)20(22)14-25-23(27)26-13-12-24(16-26)21-9-5-3-7-18(21)15-29-24/h2-11H,12-16H2,1H3,(H,25,27). The Balaban J connectivity index is 1.32. The van der Waals surface area contributed by atoms with Gasteiger partial charge in [0.15, 0.2) is 0 Å². The number of hydrogen-bond acceptors (Lipinski definition) is 3. The Hall–Kier alpha value is -3.05. The van der Waals surface area contributed by atoms with Gasteiger partial charge in [-0.3, -0.25) is 0 Å². The van der Waals surface area contributed by atoms with Crippen molar-refractivity contribution >= 4 is 16.8 Å². The van der Waals surface area contributed by atoms with Crippen molar-refractivity contribution in [2.75, 3.05) is 20.2 Å². The number of urea groups is 1. The van der Waals surface area contributed by atoms with E-state index in [9.17, 15) is 4.79 Å². The second-order valence-electron chi connectivity index (χ2n) is 7.74. The zero-order chi connectivity index (χ0) is 19.8. The summed E-state index contributed by atoms with van der Waals surface area (Å²) in [5.41, 5.74) is 3.10. The van der Waals surface area contributed by atoms with Crippen LogP contribution in [-0.4, -0.2) is 31.1 Å². The number of likely N-dealkylation sites (tertiary alicyclic amines) is 1. The summed E-state index contributed by atoms with van der Waals surface area (Å²) in [5, 5.41) is 5.32. The lowest BCUT2D eigenvalue weighted by molar-refractivity contribution is -0.0272. The molecule has 0 aliphatic carbocycles. The SMILES string of the molecule is COc1ccc2ccccc2c1CNC(=O)N1CCC2(C1)OCc1ccccc12. The Morgan fingerprint density at radius 1 is 1.14 bits per heavy atom. The lowest BCUT2D eigenvalue weighted by Gasteiger charge is -2.25. The van der Waals surface area contributed by atoms with Crippen LogP contribution in [0.4, 0.5) is 4.79 Å². The van der Waals surface area contributed by atoms with Gasteiger partial charge in [0.25, 0.3) is 0 Å². The first-order valence-corrected chi connectivity index (χ1v) is 10.00. The van der Waals surface area contributed by atoms with Crippen molar-refractivity contribution in [3.8, 4) is 5.75 Å². The predicted molar refractivity (Wildman–Crippen MR) is 112 cm³/mol. The van der Waals surface area contributed by atoms with E-state index >= 15 is 0 Å². The zero-order valence-corrected chi connectivity index (χ0v) is 16.5. The largest absolute Gasteiger partial charge is 0.496 e. The molecule has 1 saturated heterocycles. The maximum Gasteiger partial charge on any atom is 0.317 e. The summed E-state index contributed by atoms with van der Waals surface area (Å²) in [4.78, 5) is 14.8. The lowest BCUT2D eigenvalue weighted by Crippen LogP contribution is -2.40. The maximum absolute atomic E-state index is 12.9. The van der Waals surface area contributed by atoms with Gasteiger partial charge in [0.1, 0.15) is 11.4 Å². The molecule has 5 nitrogen and oxygen atoms in total. The molecule has 3 aromatic carbocycles. The van der Waals surface area contributed by atoms with Crippen molar-refractivity contribution < 1.29 is 14.3 Å². The molecule has 1 unspecified atom stereocenters. The smallest absolute Gasteiger partial charge is 0.317 e. The molecule has 1 fully saturated rings. The monoisotopic (exact) mass is 388 g/mol. The molecule has 0 bridgehead atoms. The van der Waals surface area contributed by atoms with Gasteiger partial charge in [-0.1, -0.05) is 54.6 Å². The van der Waals surface area contributed by atoms with Crippen molar-refractivity contribution in [2.24, 2.45) is 0 Å². The highest BCUT2D eigenvalue weighted by Crippen LogP contribution is 2.43. The van der Waals surface area contributed by atoms with E-state index in [1.54, 1.807) is 7.11 Å². The van der Waals surface area contributed by atoms with E-state index in [2.05, 4.69) is 29.6 Å². The van der Waals surface area contributed by atoms with Crippen molar-refractivity contribution in [1.82, 2.24) is 10.2 Å². The molecule has 1 N–H and O–H groups in total. The van der Waals surface area contributed by atoms with Crippen LogP contribution < -0.4 is 10.1 Å². The molecule has 5 heteroatoms. The first-order chi connectivity index (χ1) is 14.2. The summed E-state index contributed by atoms with van der Waals surface area (Å²) in [7, 11) is 1.66. The Kier molecular flexibility index (Phi) is 4.40. The molecule has 1 spiro atoms. The first kappa shape index (κ1) is 18.0. The van der Waals surface area contributed by atoms with Gasteiger partial charge in [-0.2, -0.15) is 0 Å². The highest BCUT2D eigenvalue weighted by molar-refractivity contribution is 5.88. The highest BCUT2D eigenvalue weighted by Gasteiger charge is 2.46. The summed E-state index contributed by atoms with van der Waals surface area (Å²) in [6.07, 6.45) is 0.828. The number of benzene rings is 3. The minimum absolute atomic E-state index is 0.0650. The number of rotatable bonds is 3. The molecule has 0 saturated carbocycles. The summed E-state index contributed by atoms with van der Waals surface area (Å²) in [6.45, 7) is 2.32. The van der Waals surface area contributed by atoms with Crippen molar-refractivity contribution in [3.63, 3.8) is 0 Å². The van der Waals surface area contributed by atoms with Crippen LogP contribution >= 0.6 is 0 Å². The molecule has 3 aromatic rings. The number of hydrogen-bond donors (Lipinski definition) is 1. The number of carbonyl (C=O) groups is 1. The molecule has 29 heavy (non-hydrogen) atoms. The molecule has 0 radical (unpaired) electrons. The molecule has 0 aromatic heterocycles. The van der Waals surface area contributed by atoms with E-state index in [4.69, 9.17) is 9.47 Å². The molecule has 5 rings (SSSR count). The predicted octanol–water partition coefficient (Wildman–Crippen LogP) is 4.19. The molecule has 1 atom stereocenters. The third kappa shape index (κ3) is 3.02. The minimum atomic E-state index is -0.356. The second kappa shape index (κ2) is 7.08. The van der Waals surface area contributed by atoms with E-state index in [1.165, 1.54) is 11.1 Å². The van der Waals surface area contributed by atoms with Crippen molar-refractivity contribution in [2.45, 2.75) is 25.2 Å². The zero-order valence-electron chi connectivity index (χ0n) is 16.5. The second-order valence-corrected chi connectivity index (χ2v) is 7.74. The third-order valence-electron chi connectivity index (χ3n) is 6.17. The number of amides is 2. The van der Waals surface area contributed by atoms with Gasteiger partial charge >= 0.3 is 6.03 Å². The molecular formula is C24H24N2O3. The number of fused-ring (bicyclic) bond motifs is 3. The molecule has 2 heterocycles. The summed E-state index contributed by atoms with van der Waals surface area (Å²) < 4.78 is 11.7.